The van der Waals surface area contributed by atoms with Crippen LogP contribution in [-0.2, 0) is 4.79 Å². The van der Waals surface area contributed by atoms with Gasteiger partial charge in [0, 0.05) is 18.4 Å². The Morgan fingerprint density at radius 2 is 1.50 bits per heavy atom. The maximum atomic E-state index is 12.1. The van der Waals surface area contributed by atoms with E-state index in [2.05, 4.69) is 35.3 Å². The molecule has 3 aromatic rings. The van der Waals surface area contributed by atoms with Gasteiger partial charge in [-0.05, 0) is 23.6 Å². The SMILES string of the molecule is CC1=NC(C=O)=P(c2ccccc2)(c2ccccc2)c2cc[nH]c21. The quantitative estimate of drug-likeness (QED) is 0.581. The third-order valence-electron chi connectivity index (χ3n) is 4.47. The van der Waals surface area contributed by atoms with E-state index in [4.69, 9.17) is 4.99 Å². The molecule has 0 atom stereocenters. The molecule has 3 nitrogen and oxygen atoms in total. The number of aromatic nitrogens is 1. The van der Waals surface area contributed by atoms with Gasteiger partial charge in [0.2, 0.25) is 0 Å². The molecular weight excluding hydrogens is 315 g/mol. The summed E-state index contributed by atoms with van der Waals surface area (Å²) in [4.78, 5) is 20.1. The lowest BCUT2D eigenvalue weighted by molar-refractivity contribution is -0.102. The summed E-state index contributed by atoms with van der Waals surface area (Å²) in [7, 11) is 0. The number of H-pyrrole nitrogens is 1. The molecule has 0 saturated heterocycles. The first kappa shape index (κ1) is 14.9. The van der Waals surface area contributed by atoms with Gasteiger partial charge in [0.15, 0.2) is 6.29 Å². The van der Waals surface area contributed by atoms with E-state index < -0.39 is 6.89 Å². The fraction of sp³-hybridized carbons (Fsp3) is 0.0500. The molecule has 1 aromatic heterocycles. The van der Waals surface area contributed by atoms with Gasteiger partial charge in [-0.15, -0.1) is 0 Å². The highest BCUT2D eigenvalue weighted by Crippen LogP contribution is 2.48. The first-order chi connectivity index (χ1) is 11.8. The number of hydrogen-bond acceptors (Lipinski definition) is 2. The number of nitrogens with zero attached hydrogens (tertiary/aromatic N) is 1. The van der Waals surface area contributed by atoms with Gasteiger partial charge in [-0.1, -0.05) is 60.7 Å². The molecule has 1 aliphatic heterocycles. The van der Waals surface area contributed by atoms with Crippen LogP contribution in [0.5, 0.6) is 0 Å². The van der Waals surface area contributed by atoms with Crippen molar-refractivity contribution in [2.45, 2.75) is 6.92 Å². The standard InChI is InChI=1S/C20H17N2OP/c1-15-20-18(12-13-21-20)24(19(14-23)22-15,16-8-4-2-5-9-16)17-10-6-3-7-11-17/h2-14,21H,1H3. The van der Waals surface area contributed by atoms with Crippen molar-refractivity contribution >= 4 is 40.2 Å². The molecule has 0 radical (unpaired) electrons. The minimum Gasteiger partial charge on any atom is -0.360 e. The number of hydrogen-bond donors (Lipinski definition) is 1. The van der Waals surface area contributed by atoms with Gasteiger partial charge in [0.05, 0.1) is 11.4 Å². The average molecular weight is 332 g/mol. The van der Waals surface area contributed by atoms with Crippen LogP contribution in [0.3, 0.4) is 0 Å². The molecule has 2 aromatic carbocycles. The minimum atomic E-state index is -2.25. The third kappa shape index (κ3) is 1.98. The number of carbonyl (C=O) groups excluding carboxylic acids is 1. The molecular formula is C20H17N2OP. The van der Waals surface area contributed by atoms with E-state index in [1.165, 1.54) is 5.30 Å². The van der Waals surface area contributed by atoms with E-state index in [1.54, 1.807) is 0 Å². The van der Waals surface area contributed by atoms with E-state index in [-0.39, 0.29) is 0 Å². The largest absolute Gasteiger partial charge is 0.360 e. The molecule has 4 heteroatoms. The Morgan fingerprint density at radius 3 is 2.04 bits per heavy atom. The molecule has 2 heterocycles. The molecule has 24 heavy (non-hydrogen) atoms. The highest BCUT2D eigenvalue weighted by Gasteiger charge is 2.35. The Balaban J connectivity index is 2.25. The fourth-order valence-corrected chi connectivity index (χ4v) is 7.64. The predicted octanol–water partition coefficient (Wildman–Crippen LogP) is 2.46. The summed E-state index contributed by atoms with van der Waals surface area (Å²) < 4.78 is 0. The molecule has 0 unspecified atom stereocenters. The Hall–Kier alpha value is -2.64. The van der Waals surface area contributed by atoms with Crippen molar-refractivity contribution in [1.29, 1.82) is 0 Å². The molecule has 4 rings (SSSR count). The van der Waals surface area contributed by atoms with Crippen molar-refractivity contribution in [2.75, 3.05) is 0 Å². The number of aliphatic imine (C=N–C) groups is 1. The Labute approximate surface area is 141 Å². The molecule has 0 amide bonds. The van der Waals surface area contributed by atoms with Crippen LogP contribution in [0.1, 0.15) is 12.6 Å². The highest BCUT2D eigenvalue weighted by atomic mass is 31.2. The summed E-state index contributed by atoms with van der Waals surface area (Å²) in [6.07, 6.45) is 2.88. The Morgan fingerprint density at radius 1 is 0.917 bits per heavy atom. The number of nitrogens with one attached hydrogen (secondary N) is 1. The van der Waals surface area contributed by atoms with Crippen molar-refractivity contribution in [3.63, 3.8) is 0 Å². The molecule has 0 bridgehead atoms. The van der Waals surface area contributed by atoms with E-state index in [0.29, 0.717) is 5.42 Å². The summed E-state index contributed by atoms with van der Waals surface area (Å²) in [6.45, 7) is -0.308. The van der Waals surface area contributed by atoms with Crippen LogP contribution in [0, 0.1) is 0 Å². The zero-order valence-corrected chi connectivity index (χ0v) is 14.2. The van der Waals surface area contributed by atoms with Crippen LogP contribution >= 0.6 is 6.89 Å². The van der Waals surface area contributed by atoms with E-state index in [9.17, 15) is 4.79 Å². The summed E-state index contributed by atoms with van der Waals surface area (Å²) in [5, 5.41) is 3.47. The molecule has 0 fully saturated rings. The van der Waals surface area contributed by atoms with Crippen LogP contribution in [0.15, 0.2) is 77.9 Å². The Kier molecular flexibility index (Phi) is 3.59. The van der Waals surface area contributed by atoms with Crippen molar-refractivity contribution in [3.8, 4) is 0 Å². The second-order valence-corrected chi connectivity index (χ2v) is 9.07. The zero-order valence-electron chi connectivity index (χ0n) is 13.3. The second kappa shape index (κ2) is 5.77. The van der Waals surface area contributed by atoms with Crippen molar-refractivity contribution in [2.24, 2.45) is 4.99 Å². The lowest BCUT2D eigenvalue weighted by Crippen LogP contribution is -2.35. The summed E-state index contributed by atoms with van der Waals surface area (Å²) >= 11 is 0. The lowest BCUT2D eigenvalue weighted by Gasteiger charge is -2.32. The molecule has 0 aliphatic carbocycles. The topological polar surface area (TPSA) is 45.2 Å². The molecule has 0 spiro atoms. The maximum absolute atomic E-state index is 12.1. The number of rotatable bonds is 3. The number of benzene rings is 2. The first-order valence-corrected chi connectivity index (χ1v) is 9.64. The van der Waals surface area contributed by atoms with Crippen LogP contribution in [-0.4, -0.2) is 22.4 Å². The fourth-order valence-electron chi connectivity index (χ4n) is 3.46. The molecule has 0 saturated carbocycles. The summed E-state index contributed by atoms with van der Waals surface area (Å²) in [5.41, 5.74) is 2.52. The lowest BCUT2D eigenvalue weighted by atomic mass is 10.3. The zero-order chi connectivity index (χ0) is 16.6. The van der Waals surface area contributed by atoms with Gasteiger partial charge in [0.1, 0.15) is 5.42 Å². The van der Waals surface area contributed by atoms with Crippen molar-refractivity contribution in [1.82, 2.24) is 4.98 Å². The number of aldehydes is 1. The molecule has 1 N–H and O–H groups in total. The maximum Gasteiger partial charge on any atom is 0.169 e. The third-order valence-corrected chi connectivity index (χ3v) is 8.60. The summed E-state index contributed by atoms with van der Waals surface area (Å²) in [5.74, 6) is 0. The van der Waals surface area contributed by atoms with Crippen LogP contribution in [0.2, 0.25) is 0 Å². The molecule has 1 aliphatic rings. The highest BCUT2D eigenvalue weighted by molar-refractivity contribution is 7.96. The van der Waals surface area contributed by atoms with Gasteiger partial charge in [-0.25, -0.2) is 4.99 Å². The second-order valence-electron chi connectivity index (χ2n) is 5.75. The summed E-state index contributed by atoms with van der Waals surface area (Å²) in [6, 6.07) is 22.7. The first-order valence-electron chi connectivity index (χ1n) is 7.85. The van der Waals surface area contributed by atoms with Crippen molar-refractivity contribution < 1.29 is 4.79 Å². The van der Waals surface area contributed by atoms with Gasteiger partial charge in [-0.2, -0.15) is 0 Å². The van der Waals surface area contributed by atoms with Crippen molar-refractivity contribution in [3.05, 3.63) is 78.6 Å². The molecule has 118 valence electrons. The normalized spacial score (nSPS) is 15.5. The predicted molar refractivity (Wildman–Crippen MR) is 103 cm³/mol. The van der Waals surface area contributed by atoms with Gasteiger partial charge >= 0.3 is 0 Å². The average Bonchev–Trinajstić information content (AvgIpc) is 3.14. The van der Waals surface area contributed by atoms with Gasteiger partial charge in [0.25, 0.3) is 0 Å². The number of carbonyl (C=O) groups is 1. The van der Waals surface area contributed by atoms with E-state index in [1.807, 2.05) is 49.5 Å². The van der Waals surface area contributed by atoms with Crippen LogP contribution in [0.4, 0.5) is 0 Å². The van der Waals surface area contributed by atoms with Crippen LogP contribution in [0.25, 0.3) is 0 Å². The Bertz CT molecular complexity index is 941. The van der Waals surface area contributed by atoms with Crippen LogP contribution < -0.4 is 15.9 Å². The van der Waals surface area contributed by atoms with Gasteiger partial charge in [-0.3, -0.25) is 4.79 Å². The monoisotopic (exact) mass is 332 g/mol. The van der Waals surface area contributed by atoms with E-state index >= 15 is 0 Å². The van der Waals surface area contributed by atoms with Gasteiger partial charge < -0.3 is 4.98 Å². The number of aromatic amines is 1. The number of fused-ring (bicyclic) bond motifs is 1. The van der Waals surface area contributed by atoms with E-state index in [0.717, 1.165) is 28.3 Å². The minimum absolute atomic E-state index is 0.629. The smallest absolute Gasteiger partial charge is 0.169 e.